The highest BCUT2D eigenvalue weighted by Crippen LogP contribution is 2.71. The topological polar surface area (TPSA) is 98.7 Å². The molecule has 6 atom stereocenters. The van der Waals surface area contributed by atoms with Crippen molar-refractivity contribution < 1.29 is 19.5 Å². The molecule has 3 aliphatic heterocycles. The highest BCUT2D eigenvalue weighted by Gasteiger charge is 2.77. The number of aliphatic hydroxyl groups is 1. The lowest BCUT2D eigenvalue weighted by atomic mass is 9.66. The first-order chi connectivity index (χ1) is 17.3. The smallest absolute Gasteiger partial charge is 0.244 e. The van der Waals surface area contributed by atoms with E-state index in [0.717, 1.165) is 44.1 Å². The molecule has 1 aromatic carbocycles. The number of benzene rings is 1. The molecule has 1 aromatic rings. The van der Waals surface area contributed by atoms with E-state index in [1.54, 1.807) is 16.7 Å². The minimum absolute atomic E-state index is 0.105. The van der Waals surface area contributed by atoms with Crippen LogP contribution in [0, 0.1) is 11.8 Å². The molecule has 36 heavy (non-hydrogen) atoms. The summed E-state index contributed by atoms with van der Waals surface area (Å²) >= 11 is 1.69. The van der Waals surface area contributed by atoms with Gasteiger partial charge in [-0.3, -0.25) is 14.4 Å². The van der Waals surface area contributed by atoms with E-state index >= 15 is 0 Å². The lowest BCUT2D eigenvalue weighted by Crippen LogP contribution is -2.58. The van der Waals surface area contributed by atoms with Crippen molar-refractivity contribution in [2.24, 2.45) is 11.8 Å². The summed E-state index contributed by atoms with van der Waals surface area (Å²) in [4.78, 5) is 43.4. The zero-order valence-corrected chi connectivity index (χ0v) is 22.2. The van der Waals surface area contributed by atoms with Crippen LogP contribution in [0.25, 0.3) is 0 Å². The van der Waals surface area contributed by atoms with Crippen molar-refractivity contribution in [2.45, 2.75) is 99.4 Å². The van der Waals surface area contributed by atoms with Crippen LogP contribution in [0.15, 0.2) is 30.3 Å². The van der Waals surface area contributed by atoms with Gasteiger partial charge in [0.2, 0.25) is 17.7 Å². The first-order valence-corrected chi connectivity index (χ1v) is 14.4. The van der Waals surface area contributed by atoms with Crippen LogP contribution in [0.3, 0.4) is 0 Å². The third-order valence-corrected chi connectivity index (χ3v) is 11.1. The summed E-state index contributed by atoms with van der Waals surface area (Å²) in [5.41, 5.74) is 1.01. The van der Waals surface area contributed by atoms with Gasteiger partial charge in [-0.15, -0.1) is 11.8 Å². The summed E-state index contributed by atoms with van der Waals surface area (Å²) in [6, 6.07) is 8.82. The Morgan fingerprint density at radius 1 is 1.14 bits per heavy atom. The van der Waals surface area contributed by atoms with Crippen molar-refractivity contribution in [1.29, 1.82) is 0 Å². The molecule has 3 amide bonds. The number of hydrogen-bond donors (Lipinski definition) is 3. The van der Waals surface area contributed by atoms with Crippen LogP contribution >= 0.6 is 11.8 Å². The molecule has 1 spiro atoms. The van der Waals surface area contributed by atoms with Crippen LogP contribution in [0.5, 0.6) is 0 Å². The van der Waals surface area contributed by atoms with E-state index in [1.165, 1.54) is 6.42 Å². The Morgan fingerprint density at radius 2 is 1.86 bits per heavy atom. The Hall–Kier alpha value is -2.06. The van der Waals surface area contributed by atoms with Gasteiger partial charge < -0.3 is 20.6 Å². The number of hydrogen-bond acceptors (Lipinski definition) is 5. The molecule has 196 valence electrons. The third kappa shape index (κ3) is 4.14. The SMILES string of the molecule is CC[C@@H](CO)N1C(=O)[C@@H]2[C@H](C(=O)NCc3ccccc3)[C@]3(C)CCC2(S3)C1C(=O)NC1CCCCC1. The third-order valence-electron chi connectivity index (χ3n) is 9.08. The summed E-state index contributed by atoms with van der Waals surface area (Å²) in [6.45, 7) is 4.25. The number of likely N-dealkylation sites (tertiary alicyclic amines) is 1. The van der Waals surface area contributed by atoms with Crippen LogP contribution in [0.2, 0.25) is 0 Å². The summed E-state index contributed by atoms with van der Waals surface area (Å²) in [5.74, 6) is -1.42. The van der Waals surface area contributed by atoms with Crippen molar-refractivity contribution in [2.75, 3.05) is 6.61 Å². The van der Waals surface area contributed by atoms with E-state index in [9.17, 15) is 19.5 Å². The lowest BCUT2D eigenvalue weighted by molar-refractivity contribution is -0.143. The van der Waals surface area contributed by atoms with Gasteiger partial charge in [0, 0.05) is 17.3 Å². The second kappa shape index (κ2) is 10.0. The molecule has 2 unspecified atom stereocenters. The van der Waals surface area contributed by atoms with Gasteiger partial charge in [0.15, 0.2) is 0 Å². The number of aliphatic hydroxyl groups excluding tert-OH is 1. The molecule has 1 aliphatic carbocycles. The molecule has 2 bridgehead atoms. The fourth-order valence-electron chi connectivity index (χ4n) is 7.29. The highest BCUT2D eigenvalue weighted by molar-refractivity contribution is 8.02. The quantitative estimate of drug-likeness (QED) is 0.496. The molecular weight excluding hydrogens is 474 g/mol. The highest BCUT2D eigenvalue weighted by atomic mass is 32.2. The maximum absolute atomic E-state index is 14.1. The molecule has 1 saturated carbocycles. The molecule has 3 heterocycles. The van der Waals surface area contributed by atoms with Gasteiger partial charge in [-0.1, -0.05) is 56.5 Å². The number of amides is 3. The van der Waals surface area contributed by atoms with E-state index in [0.29, 0.717) is 13.0 Å². The average molecular weight is 514 g/mol. The van der Waals surface area contributed by atoms with Crippen molar-refractivity contribution in [3.05, 3.63) is 35.9 Å². The van der Waals surface area contributed by atoms with Crippen LogP contribution in [0.4, 0.5) is 0 Å². The molecule has 5 rings (SSSR count). The monoisotopic (exact) mass is 513 g/mol. The van der Waals surface area contributed by atoms with E-state index < -0.39 is 33.4 Å². The van der Waals surface area contributed by atoms with Gasteiger partial charge in [-0.25, -0.2) is 0 Å². The molecule has 7 nitrogen and oxygen atoms in total. The van der Waals surface area contributed by atoms with Crippen molar-refractivity contribution in [3.63, 3.8) is 0 Å². The summed E-state index contributed by atoms with van der Waals surface area (Å²) in [7, 11) is 0. The second-order valence-corrected chi connectivity index (χ2v) is 13.2. The number of fused-ring (bicyclic) bond motifs is 1. The molecule has 4 aliphatic rings. The number of rotatable bonds is 8. The summed E-state index contributed by atoms with van der Waals surface area (Å²) in [6.07, 6.45) is 7.43. The molecule has 0 aromatic heterocycles. The number of thioether (sulfide) groups is 1. The average Bonchev–Trinajstić information content (AvgIpc) is 3.46. The largest absolute Gasteiger partial charge is 0.394 e. The van der Waals surface area contributed by atoms with Gasteiger partial charge >= 0.3 is 0 Å². The number of nitrogens with one attached hydrogen (secondary N) is 2. The number of carbonyl (C=O) groups excluding carboxylic acids is 3. The lowest BCUT2D eigenvalue weighted by Gasteiger charge is -2.38. The van der Waals surface area contributed by atoms with E-state index in [4.69, 9.17) is 0 Å². The van der Waals surface area contributed by atoms with E-state index in [1.807, 2.05) is 37.3 Å². The minimum atomic E-state index is -0.659. The van der Waals surface area contributed by atoms with Gasteiger partial charge in [0.05, 0.1) is 29.2 Å². The fourth-order valence-corrected chi connectivity index (χ4v) is 9.64. The van der Waals surface area contributed by atoms with Crippen molar-refractivity contribution in [1.82, 2.24) is 15.5 Å². The van der Waals surface area contributed by atoms with Gasteiger partial charge in [0.25, 0.3) is 0 Å². The molecule has 8 heteroatoms. The zero-order valence-electron chi connectivity index (χ0n) is 21.4. The van der Waals surface area contributed by atoms with E-state index in [-0.39, 0.29) is 30.4 Å². The normalized spacial score (nSPS) is 34.5. The number of carbonyl (C=O) groups is 3. The fraction of sp³-hybridized carbons (Fsp3) is 0.679. The van der Waals surface area contributed by atoms with E-state index in [2.05, 4.69) is 17.6 Å². The van der Waals surface area contributed by atoms with Crippen LogP contribution in [-0.4, -0.2) is 62.0 Å². The predicted octanol–water partition coefficient (Wildman–Crippen LogP) is 3.00. The Labute approximate surface area is 218 Å². The molecule has 3 saturated heterocycles. The van der Waals surface area contributed by atoms with Gasteiger partial charge in [0.1, 0.15) is 6.04 Å². The van der Waals surface area contributed by atoms with Crippen LogP contribution in [0.1, 0.15) is 70.8 Å². The van der Waals surface area contributed by atoms with Crippen LogP contribution in [-0.2, 0) is 20.9 Å². The number of nitrogens with zero attached hydrogens (tertiary/aromatic N) is 1. The maximum Gasteiger partial charge on any atom is 0.244 e. The summed E-state index contributed by atoms with van der Waals surface area (Å²) < 4.78 is -1.03. The Morgan fingerprint density at radius 3 is 2.53 bits per heavy atom. The Kier molecular flexibility index (Phi) is 7.11. The van der Waals surface area contributed by atoms with Crippen molar-refractivity contribution in [3.8, 4) is 0 Å². The summed E-state index contributed by atoms with van der Waals surface area (Å²) in [5, 5.41) is 16.5. The molecule has 4 fully saturated rings. The first-order valence-electron chi connectivity index (χ1n) is 13.6. The Bertz CT molecular complexity index is 996. The predicted molar refractivity (Wildman–Crippen MR) is 140 cm³/mol. The maximum atomic E-state index is 14.1. The van der Waals surface area contributed by atoms with Crippen LogP contribution < -0.4 is 10.6 Å². The van der Waals surface area contributed by atoms with Gasteiger partial charge in [-0.2, -0.15) is 0 Å². The minimum Gasteiger partial charge on any atom is -0.394 e. The Balaban J connectivity index is 1.45. The molecule has 0 radical (unpaired) electrons. The molecular formula is C28H39N3O4S. The standard InChI is InChI=1S/C28H39N3O4S/c1-3-20(17-32)31-23(25(34)30-19-12-8-5-9-13-19)28-15-14-27(2,36-28)21(22(28)26(31)35)24(33)29-16-18-10-6-4-7-11-18/h4,6-7,10-11,19-23,32H,3,5,8-9,12-17H2,1-2H3,(H,29,33)(H,30,34)/t20-,21+,22-,23?,27-,28?/m0/s1. The first kappa shape index (κ1) is 25.6. The van der Waals surface area contributed by atoms with Gasteiger partial charge in [-0.05, 0) is 44.6 Å². The molecule has 3 N–H and O–H groups in total. The second-order valence-electron chi connectivity index (χ2n) is 11.3. The zero-order chi connectivity index (χ0) is 25.5. The van der Waals surface area contributed by atoms with Crippen molar-refractivity contribution >= 4 is 29.5 Å².